The zero-order chi connectivity index (χ0) is 12.5. The molecule has 2 heterocycles. The zero-order valence-corrected chi connectivity index (χ0v) is 9.68. The third kappa shape index (κ3) is 1.90. The molecule has 1 aliphatic heterocycles. The van der Waals surface area contributed by atoms with Crippen molar-refractivity contribution in [3.63, 3.8) is 0 Å². The van der Waals surface area contributed by atoms with Gasteiger partial charge in [0.2, 0.25) is 5.95 Å². The highest BCUT2D eigenvalue weighted by Crippen LogP contribution is 2.22. The quantitative estimate of drug-likeness (QED) is 0.827. The van der Waals surface area contributed by atoms with Crippen molar-refractivity contribution in [3.8, 4) is 0 Å². The van der Waals surface area contributed by atoms with Crippen molar-refractivity contribution < 1.29 is 0 Å². The van der Waals surface area contributed by atoms with Crippen LogP contribution >= 0.6 is 0 Å². The molecule has 90 valence electrons. The summed E-state index contributed by atoms with van der Waals surface area (Å²) in [6.07, 6.45) is 1.33. The Kier molecular flexibility index (Phi) is 2.44. The van der Waals surface area contributed by atoms with E-state index in [-0.39, 0.29) is 11.5 Å². The minimum atomic E-state index is -0.263. The number of H-pyrrole nitrogens is 1. The van der Waals surface area contributed by atoms with E-state index in [0.29, 0.717) is 17.8 Å². The molecule has 3 rings (SSSR count). The van der Waals surface area contributed by atoms with Crippen LogP contribution in [0.25, 0.3) is 0 Å². The maximum Gasteiger partial charge on any atom is 0.278 e. The van der Waals surface area contributed by atoms with Crippen molar-refractivity contribution in [3.05, 3.63) is 51.9 Å². The van der Waals surface area contributed by atoms with Gasteiger partial charge in [-0.25, -0.2) is 9.98 Å². The van der Waals surface area contributed by atoms with Crippen LogP contribution in [0.2, 0.25) is 0 Å². The number of aromatic nitrogens is 2. The maximum absolute atomic E-state index is 11.6. The predicted molar refractivity (Wildman–Crippen MR) is 70.2 cm³/mol. The van der Waals surface area contributed by atoms with Crippen LogP contribution in [0.15, 0.2) is 40.1 Å². The van der Waals surface area contributed by atoms with Crippen LogP contribution in [-0.2, 0) is 12.8 Å². The number of benzene rings is 1. The van der Waals surface area contributed by atoms with E-state index in [0.717, 1.165) is 12.1 Å². The molecule has 0 radical (unpaired) electrons. The number of nitrogen functional groups attached to an aromatic ring is 1. The SMILES string of the molecule is Nc1nc2c(c(=O)[nH]1)N=C(Cc1ccccc1)C2. The first-order chi connectivity index (χ1) is 8.72. The van der Waals surface area contributed by atoms with E-state index >= 15 is 0 Å². The van der Waals surface area contributed by atoms with Crippen molar-refractivity contribution >= 4 is 17.3 Å². The lowest BCUT2D eigenvalue weighted by molar-refractivity contribution is 1.07. The van der Waals surface area contributed by atoms with Gasteiger partial charge in [-0.1, -0.05) is 30.3 Å². The topological polar surface area (TPSA) is 84.1 Å². The molecule has 1 aliphatic rings. The monoisotopic (exact) mass is 240 g/mol. The number of anilines is 1. The van der Waals surface area contributed by atoms with E-state index in [1.54, 1.807) is 0 Å². The minimum absolute atomic E-state index is 0.148. The molecule has 3 N–H and O–H groups in total. The smallest absolute Gasteiger partial charge is 0.278 e. The molecule has 0 fully saturated rings. The molecule has 0 unspecified atom stereocenters. The van der Waals surface area contributed by atoms with E-state index in [1.807, 2.05) is 30.3 Å². The summed E-state index contributed by atoms with van der Waals surface area (Å²) >= 11 is 0. The van der Waals surface area contributed by atoms with Gasteiger partial charge < -0.3 is 5.73 Å². The lowest BCUT2D eigenvalue weighted by atomic mass is 10.1. The third-order valence-electron chi connectivity index (χ3n) is 2.88. The van der Waals surface area contributed by atoms with Gasteiger partial charge in [0.1, 0.15) is 5.69 Å². The van der Waals surface area contributed by atoms with Crippen LogP contribution in [-0.4, -0.2) is 15.7 Å². The standard InChI is InChI=1S/C13H12N4O/c14-13-16-10-7-9(15-11(10)12(18)17-13)6-8-4-2-1-3-5-8/h1-5H,6-7H2,(H3,14,16,17,18). The summed E-state index contributed by atoms with van der Waals surface area (Å²) in [5, 5.41) is 0. The molecule has 1 aromatic heterocycles. The molecule has 5 nitrogen and oxygen atoms in total. The molecule has 0 bridgehead atoms. The summed E-state index contributed by atoms with van der Waals surface area (Å²) in [5.41, 5.74) is 8.43. The molecule has 0 saturated heterocycles. The number of fused-ring (bicyclic) bond motifs is 1. The van der Waals surface area contributed by atoms with Crippen LogP contribution in [0.5, 0.6) is 0 Å². The fraction of sp³-hybridized carbons (Fsp3) is 0.154. The molecule has 0 aliphatic carbocycles. The molecule has 0 saturated carbocycles. The summed E-state index contributed by atoms with van der Waals surface area (Å²) in [5.74, 6) is 0.148. The zero-order valence-electron chi connectivity index (χ0n) is 9.68. The molecule has 0 amide bonds. The van der Waals surface area contributed by atoms with Gasteiger partial charge in [-0.15, -0.1) is 0 Å². The van der Waals surface area contributed by atoms with Crippen LogP contribution in [0.3, 0.4) is 0 Å². The lowest BCUT2D eigenvalue weighted by Crippen LogP contribution is -2.11. The van der Waals surface area contributed by atoms with E-state index in [4.69, 9.17) is 5.73 Å². The molecule has 1 aromatic carbocycles. The number of aliphatic imine (C=N–C) groups is 1. The summed E-state index contributed by atoms with van der Waals surface area (Å²) in [7, 11) is 0. The number of nitrogens with two attached hydrogens (primary N) is 1. The average Bonchev–Trinajstić information content (AvgIpc) is 2.73. The molecular formula is C13H12N4O. The van der Waals surface area contributed by atoms with Crippen molar-refractivity contribution in [2.75, 3.05) is 5.73 Å². The Hall–Kier alpha value is -2.43. The second kappa shape index (κ2) is 4.10. The van der Waals surface area contributed by atoms with Gasteiger partial charge in [0.05, 0.1) is 5.69 Å². The molecule has 0 atom stereocenters. The maximum atomic E-state index is 11.6. The molecule has 18 heavy (non-hydrogen) atoms. The largest absolute Gasteiger partial charge is 0.369 e. The number of aromatic amines is 1. The van der Waals surface area contributed by atoms with E-state index in [1.165, 1.54) is 5.56 Å². The van der Waals surface area contributed by atoms with Crippen LogP contribution in [0.4, 0.5) is 11.6 Å². The van der Waals surface area contributed by atoms with Gasteiger partial charge in [-0.3, -0.25) is 9.78 Å². The van der Waals surface area contributed by atoms with Gasteiger partial charge in [-0.05, 0) is 5.56 Å². The summed E-state index contributed by atoms with van der Waals surface area (Å²) in [6.45, 7) is 0. The van der Waals surface area contributed by atoms with Crippen LogP contribution < -0.4 is 11.3 Å². The van der Waals surface area contributed by atoms with Gasteiger partial charge in [-0.2, -0.15) is 0 Å². The van der Waals surface area contributed by atoms with Gasteiger partial charge >= 0.3 is 0 Å². The molecular weight excluding hydrogens is 228 g/mol. The third-order valence-corrected chi connectivity index (χ3v) is 2.88. The Morgan fingerprint density at radius 3 is 2.83 bits per heavy atom. The van der Waals surface area contributed by atoms with E-state index in [9.17, 15) is 4.79 Å². The molecule has 5 heteroatoms. The number of nitrogens with zero attached hydrogens (tertiary/aromatic N) is 2. The number of hydrogen-bond donors (Lipinski definition) is 2. The second-order valence-corrected chi connectivity index (χ2v) is 4.26. The van der Waals surface area contributed by atoms with Crippen LogP contribution in [0.1, 0.15) is 11.3 Å². The highest BCUT2D eigenvalue weighted by molar-refractivity contribution is 5.94. The van der Waals surface area contributed by atoms with Gasteiger partial charge in [0.25, 0.3) is 5.56 Å². The minimum Gasteiger partial charge on any atom is -0.369 e. The number of hydrogen-bond acceptors (Lipinski definition) is 4. The summed E-state index contributed by atoms with van der Waals surface area (Å²) < 4.78 is 0. The van der Waals surface area contributed by atoms with Gasteiger partial charge in [0, 0.05) is 18.6 Å². The van der Waals surface area contributed by atoms with Gasteiger partial charge in [0.15, 0.2) is 0 Å². The Balaban J connectivity index is 1.90. The second-order valence-electron chi connectivity index (χ2n) is 4.26. The highest BCUT2D eigenvalue weighted by Gasteiger charge is 2.19. The van der Waals surface area contributed by atoms with Crippen LogP contribution in [0, 0.1) is 0 Å². The average molecular weight is 240 g/mol. The van der Waals surface area contributed by atoms with Crippen molar-refractivity contribution in [2.45, 2.75) is 12.8 Å². The van der Waals surface area contributed by atoms with Crippen molar-refractivity contribution in [1.82, 2.24) is 9.97 Å². The molecule has 2 aromatic rings. The first kappa shape index (κ1) is 10.7. The van der Waals surface area contributed by atoms with E-state index < -0.39 is 0 Å². The summed E-state index contributed by atoms with van der Waals surface area (Å²) in [6, 6.07) is 10.0. The van der Waals surface area contributed by atoms with Crippen molar-refractivity contribution in [1.29, 1.82) is 0 Å². The normalized spacial score (nSPS) is 13.2. The van der Waals surface area contributed by atoms with Crippen molar-refractivity contribution in [2.24, 2.45) is 4.99 Å². The fourth-order valence-corrected chi connectivity index (χ4v) is 2.10. The summed E-state index contributed by atoms with van der Waals surface area (Å²) in [4.78, 5) is 22.6. The first-order valence-electron chi connectivity index (χ1n) is 5.71. The highest BCUT2D eigenvalue weighted by atomic mass is 16.1. The fourth-order valence-electron chi connectivity index (χ4n) is 2.10. The lowest BCUT2D eigenvalue weighted by Gasteiger charge is -1.99. The molecule has 0 spiro atoms. The Labute approximate surface area is 103 Å². The Morgan fingerprint density at radius 2 is 2.06 bits per heavy atom. The Bertz CT molecular complexity index is 673. The predicted octanol–water partition coefficient (Wildman–Crippen LogP) is 1.22. The number of nitrogens with one attached hydrogen (secondary N) is 1. The van der Waals surface area contributed by atoms with E-state index in [2.05, 4.69) is 15.0 Å². The first-order valence-corrected chi connectivity index (χ1v) is 5.71. The number of rotatable bonds is 2. The Morgan fingerprint density at radius 1 is 1.28 bits per heavy atom.